The normalized spacial score (nSPS) is 17.3. The Balaban J connectivity index is 1.73. The number of benzene rings is 1. The lowest BCUT2D eigenvalue weighted by Gasteiger charge is -2.28. The second kappa shape index (κ2) is 7.07. The van der Waals surface area contributed by atoms with Crippen LogP contribution in [0.3, 0.4) is 0 Å². The molecular formula is C17H20ClN3O. The zero-order valence-corrected chi connectivity index (χ0v) is 13.2. The highest BCUT2D eigenvalue weighted by Gasteiger charge is 2.19. The van der Waals surface area contributed by atoms with Gasteiger partial charge < -0.3 is 9.69 Å². The molecule has 2 heterocycles. The van der Waals surface area contributed by atoms with Gasteiger partial charge in [0.05, 0.1) is 17.8 Å². The van der Waals surface area contributed by atoms with E-state index < -0.39 is 0 Å². The Morgan fingerprint density at radius 2 is 1.91 bits per heavy atom. The number of hydrogen-bond acceptors (Lipinski definition) is 3. The van der Waals surface area contributed by atoms with Gasteiger partial charge in [-0.1, -0.05) is 18.0 Å². The topological polar surface area (TPSA) is 38.1 Å². The van der Waals surface area contributed by atoms with Crippen LogP contribution in [0.2, 0.25) is 5.02 Å². The first-order valence-electron chi connectivity index (χ1n) is 7.74. The van der Waals surface area contributed by atoms with Gasteiger partial charge in [-0.15, -0.1) is 0 Å². The van der Waals surface area contributed by atoms with Gasteiger partial charge in [-0.25, -0.2) is 4.68 Å². The van der Waals surface area contributed by atoms with E-state index in [4.69, 9.17) is 11.6 Å². The third-order valence-electron chi connectivity index (χ3n) is 4.19. The van der Waals surface area contributed by atoms with Crippen molar-refractivity contribution < 1.29 is 4.79 Å². The summed E-state index contributed by atoms with van der Waals surface area (Å²) in [6.07, 6.45) is 8.53. The molecular weight excluding hydrogens is 298 g/mol. The van der Waals surface area contributed by atoms with Crippen molar-refractivity contribution in [2.75, 3.05) is 19.6 Å². The molecule has 0 amide bonds. The van der Waals surface area contributed by atoms with E-state index in [0.29, 0.717) is 5.02 Å². The van der Waals surface area contributed by atoms with E-state index in [1.165, 1.54) is 19.3 Å². The standard InChI is InChI=1S/C17H20ClN3O/c18-16-4-6-17(7-5-16)21-12-14(10-19-21)15(13-22)11-20-8-2-1-3-9-20/h4-7,10,12-13,15H,1-3,8-9,11H2. The van der Waals surface area contributed by atoms with Gasteiger partial charge in [0, 0.05) is 23.3 Å². The number of rotatable bonds is 5. The van der Waals surface area contributed by atoms with Gasteiger partial charge in [0.2, 0.25) is 0 Å². The molecule has 1 saturated heterocycles. The number of piperidine rings is 1. The van der Waals surface area contributed by atoms with Gasteiger partial charge in [0.15, 0.2) is 0 Å². The summed E-state index contributed by atoms with van der Waals surface area (Å²) in [6, 6.07) is 7.51. The molecule has 1 fully saturated rings. The molecule has 116 valence electrons. The Bertz CT molecular complexity index is 617. The average molecular weight is 318 g/mol. The average Bonchev–Trinajstić information content (AvgIpc) is 3.04. The number of carbonyl (C=O) groups is 1. The lowest BCUT2D eigenvalue weighted by atomic mass is 10.0. The fourth-order valence-electron chi connectivity index (χ4n) is 2.91. The van der Waals surface area contributed by atoms with Crippen LogP contribution in [0, 0.1) is 0 Å². The number of carbonyl (C=O) groups excluding carboxylic acids is 1. The summed E-state index contributed by atoms with van der Waals surface area (Å²) in [5.41, 5.74) is 1.91. The zero-order valence-electron chi connectivity index (χ0n) is 12.5. The molecule has 0 N–H and O–H groups in total. The Kier molecular flexibility index (Phi) is 4.90. The van der Waals surface area contributed by atoms with Crippen LogP contribution < -0.4 is 0 Å². The molecule has 0 bridgehead atoms. The van der Waals surface area contributed by atoms with Crippen LogP contribution in [-0.4, -0.2) is 40.6 Å². The zero-order chi connectivity index (χ0) is 15.4. The molecule has 0 spiro atoms. The highest BCUT2D eigenvalue weighted by molar-refractivity contribution is 6.30. The smallest absolute Gasteiger partial charge is 0.128 e. The van der Waals surface area contributed by atoms with Crippen molar-refractivity contribution >= 4 is 17.9 Å². The molecule has 1 aliphatic rings. The largest absolute Gasteiger partial charge is 0.303 e. The van der Waals surface area contributed by atoms with E-state index >= 15 is 0 Å². The van der Waals surface area contributed by atoms with Crippen LogP contribution in [0.5, 0.6) is 0 Å². The summed E-state index contributed by atoms with van der Waals surface area (Å²) in [5, 5.41) is 5.08. The van der Waals surface area contributed by atoms with Crippen LogP contribution in [-0.2, 0) is 4.79 Å². The number of aromatic nitrogens is 2. The van der Waals surface area contributed by atoms with E-state index in [0.717, 1.165) is 37.2 Å². The third-order valence-corrected chi connectivity index (χ3v) is 4.44. The molecule has 3 rings (SSSR count). The summed E-state index contributed by atoms with van der Waals surface area (Å²) >= 11 is 5.90. The Morgan fingerprint density at radius 1 is 1.18 bits per heavy atom. The minimum absolute atomic E-state index is 0.112. The van der Waals surface area contributed by atoms with Crippen LogP contribution in [0.15, 0.2) is 36.7 Å². The third kappa shape index (κ3) is 3.57. The fraction of sp³-hybridized carbons (Fsp3) is 0.412. The molecule has 4 nitrogen and oxygen atoms in total. The first-order valence-corrected chi connectivity index (χ1v) is 8.12. The van der Waals surface area contributed by atoms with Crippen molar-refractivity contribution in [3.63, 3.8) is 0 Å². The molecule has 1 aliphatic heterocycles. The van der Waals surface area contributed by atoms with E-state index in [1.54, 1.807) is 10.9 Å². The minimum Gasteiger partial charge on any atom is -0.303 e. The van der Waals surface area contributed by atoms with E-state index in [1.807, 2.05) is 30.5 Å². The van der Waals surface area contributed by atoms with Gasteiger partial charge in [0.25, 0.3) is 0 Å². The minimum atomic E-state index is -0.112. The molecule has 0 saturated carbocycles. The predicted molar refractivity (Wildman–Crippen MR) is 87.7 cm³/mol. The van der Waals surface area contributed by atoms with Crippen LogP contribution in [0.4, 0.5) is 0 Å². The van der Waals surface area contributed by atoms with Crippen LogP contribution >= 0.6 is 11.6 Å². The monoisotopic (exact) mass is 317 g/mol. The van der Waals surface area contributed by atoms with Crippen molar-refractivity contribution in [3.05, 3.63) is 47.2 Å². The molecule has 22 heavy (non-hydrogen) atoms. The van der Waals surface area contributed by atoms with Crippen molar-refractivity contribution in [2.24, 2.45) is 0 Å². The lowest BCUT2D eigenvalue weighted by molar-refractivity contribution is -0.109. The maximum Gasteiger partial charge on any atom is 0.128 e. The molecule has 0 aliphatic carbocycles. The van der Waals surface area contributed by atoms with Gasteiger partial charge in [-0.3, -0.25) is 0 Å². The maximum absolute atomic E-state index is 11.5. The van der Waals surface area contributed by atoms with Crippen molar-refractivity contribution in [2.45, 2.75) is 25.2 Å². The SMILES string of the molecule is O=CC(CN1CCCCC1)c1cnn(-c2ccc(Cl)cc2)c1. The summed E-state index contributed by atoms with van der Waals surface area (Å²) in [7, 11) is 0. The van der Waals surface area contributed by atoms with Crippen molar-refractivity contribution in [1.82, 2.24) is 14.7 Å². The number of nitrogens with zero attached hydrogens (tertiary/aromatic N) is 3. The van der Waals surface area contributed by atoms with Gasteiger partial charge in [0.1, 0.15) is 6.29 Å². The van der Waals surface area contributed by atoms with E-state index in [2.05, 4.69) is 10.00 Å². The predicted octanol–water partition coefficient (Wildman–Crippen LogP) is 3.29. The van der Waals surface area contributed by atoms with Crippen molar-refractivity contribution in [3.8, 4) is 5.69 Å². The lowest BCUT2D eigenvalue weighted by Crippen LogP contribution is -2.33. The second-order valence-corrected chi connectivity index (χ2v) is 6.23. The van der Waals surface area contributed by atoms with Gasteiger partial charge in [-0.2, -0.15) is 5.10 Å². The van der Waals surface area contributed by atoms with E-state index in [9.17, 15) is 4.79 Å². The summed E-state index contributed by atoms with van der Waals surface area (Å²) in [4.78, 5) is 13.9. The second-order valence-electron chi connectivity index (χ2n) is 5.80. The number of aldehydes is 1. The summed E-state index contributed by atoms with van der Waals surface area (Å²) < 4.78 is 1.79. The molecule has 5 heteroatoms. The van der Waals surface area contributed by atoms with Crippen molar-refractivity contribution in [1.29, 1.82) is 0 Å². The highest BCUT2D eigenvalue weighted by atomic mass is 35.5. The highest BCUT2D eigenvalue weighted by Crippen LogP contribution is 2.20. The quantitative estimate of drug-likeness (QED) is 0.794. The first kappa shape index (κ1) is 15.3. The van der Waals surface area contributed by atoms with Crippen LogP contribution in [0.25, 0.3) is 5.69 Å². The Labute approximate surface area is 135 Å². The Hall–Kier alpha value is -1.65. The first-order chi connectivity index (χ1) is 10.8. The number of halogens is 1. The van der Waals surface area contributed by atoms with Gasteiger partial charge >= 0.3 is 0 Å². The maximum atomic E-state index is 11.5. The Morgan fingerprint density at radius 3 is 2.59 bits per heavy atom. The molecule has 1 atom stereocenters. The van der Waals surface area contributed by atoms with Gasteiger partial charge in [-0.05, 0) is 50.2 Å². The summed E-state index contributed by atoms with van der Waals surface area (Å²) in [5.74, 6) is -0.112. The molecule has 0 radical (unpaired) electrons. The van der Waals surface area contributed by atoms with E-state index in [-0.39, 0.29) is 5.92 Å². The molecule has 1 aromatic carbocycles. The number of hydrogen-bond donors (Lipinski definition) is 0. The molecule has 1 aromatic heterocycles. The van der Waals surface area contributed by atoms with Crippen LogP contribution in [0.1, 0.15) is 30.7 Å². The number of likely N-dealkylation sites (tertiary alicyclic amines) is 1. The summed E-state index contributed by atoms with van der Waals surface area (Å²) in [6.45, 7) is 2.97. The fourth-order valence-corrected chi connectivity index (χ4v) is 3.04. The molecule has 2 aromatic rings. The molecule has 1 unspecified atom stereocenters.